The number of aryl methyl sites for hydroxylation is 1. The second-order valence-corrected chi connectivity index (χ2v) is 7.33. The lowest BCUT2D eigenvalue weighted by Crippen LogP contribution is -2.40. The summed E-state index contributed by atoms with van der Waals surface area (Å²) in [5.41, 5.74) is 2.79. The highest BCUT2D eigenvalue weighted by molar-refractivity contribution is 5.78. The van der Waals surface area contributed by atoms with E-state index in [0.717, 1.165) is 42.0 Å². The normalized spacial score (nSPS) is 16.4. The highest BCUT2D eigenvalue weighted by Crippen LogP contribution is 2.33. The third-order valence-electron chi connectivity index (χ3n) is 5.23. The molecule has 0 N–H and O–H groups in total. The molecule has 2 aromatic heterocycles. The number of pyridine rings is 1. The van der Waals surface area contributed by atoms with Crippen LogP contribution in [0.3, 0.4) is 0 Å². The molecule has 3 heterocycles. The number of carbonyl (C=O) groups excluding carboxylic acids is 1. The van der Waals surface area contributed by atoms with Crippen LogP contribution in [-0.2, 0) is 11.2 Å². The molecule has 1 saturated heterocycles. The number of hydrogen-bond donors (Lipinski definition) is 0. The van der Waals surface area contributed by atoms with Crippen molar-refractivity contribution < 1.29 is 9.53 Å². The average Bonchev–Trinajstić information content (AvgIpc) is 2.76. The van der Waals surface area contributed by atoms with Crippen LogP contribution in [0.25, 0.3) is 0 Å². The lowest BCUT2D eigenvalue weighted by atomic mass is 9.94. The number of carbonyl (C=O) groups is 1. The van der Waals surface area contributed by atoms with Gasteiger partial charge < -0.3 is 9.64 Å². The van der Waals surface area contributed by atoms with Gasteiger partial charge in [0.15, 0.2) is 0 Å². The Labute approximate surface area is 170 Å². The van der Waals surface area contributed by atoms with Crippen LogP contribution in [-0.4, -0.2) is 38.8 Å². The summed E-state index contributed by atoms with van der Waals surface area (Å²) in [6, 6.07) is 11.6. The molecule has 0 unspecified atom stereocenters. The zero-order valence-corrected chi connectivity index (χ0v) is 16.5. The number of nitrogens with zero attached hydrogens (tertiary/aromatic N) is 4. The molecular weight excluding hydrogens is 364 g/mol. The topological polar surface area (TPSA) is 68.2 Å². The first-order valence-corrected chi connectivity index (χ1v) is 9.92. The Hall–Kier alpha value is -3.28. The molecule has 0 aliphatic carbocycles. The zero-order chi connectivity index (χ0) is 20.1. The Morgan fingerprint density at radius 1 is 1.14 bits per heavy atom. The average molecular weight is 388 g/mol. The van der Waals surface area contributed by atoms with Gasteiger partial charge in [-0.2, -0.15) is 0 Å². The van der Waals surface area contributed by atoms with Crippen LogP contribution in [0.2, 0.25) is 0 Å². The summed E-state index contributed by atoms with van der Waals surface area (Å²) in [6.07, 6.45) is 9.06. The minimum atomic E-state index is 0.106. The molecule has 0 bridgehead atoms. The third-order valence-corrected chi connectivity index (χ3v) is 5.23. The molecular formula is C23H24N4O2. The summed E-state index contributed by atoms with van der Waals surface area (Å²) in [4.78, 5) is 27.8. The summed E-state index contributed by atoms with van der Waals surface area (Å²) >= 11 is 0. The van der Waals surface area contributed by atoms with E-state index >= 15 is 0 Å². The summed E-state index contributed by atoms with van der Waals surface area (Å²) in [6.45, 7) is 3.40. The molecule has 1 fully saturated rings. The van der Waals surface area contributed by atoms with Crippen LogP contribution in [0.5, 0.6) is 11.6 Å². The largest absolute Gasteiger partial charge is 0.437 e. The lowest BCUT2D eigenvalue weighted by Gasteiger charge is -2.33. The van der Waals surface area contributed by atoms with Crippen LogP contribution in [0.4, 0.5) is 0 Å². The van der Waals surface area contributed by atoms with Crippen LogP contribution in [0, 0.1) is 6.92 Å². The van der Waals surface area contributed by atoms with Gasteiger partial charge in [-0.3, -0.25) is 14.8 Å². The highest BCUT2D eigenvalue weighted by Gasteiger charge is 2.28. The minimum absolute atomic E-state index is 0.106. The molecule has 1 aliphatic rings. The van der Waals surface area contributed by atoms with Crippen LogP contribution >= 0.6 is 0 Å². The number of amides is 1. The Morgan fingerprint density at radius 2 is 2.00 bits per heavy atom. The maximum Gasteiger partial charge on any atom is 0.241 e. The van der Waals surface area contributed by atoms with Crippen molar-refractivity contribution in [2.45, 2.75) is 32.1 Å². The molecule has 6 heteroatoms. The van der Waals surface area contributed by atoms with E-state index in [-0.39, 0.29) is 11.8 Å². The van der Waals surface area contributed by atoms with E-state index in [1.165, 1.54) is 0 Å². The predicted molar refractivity (Wildman–Crippen MR) is 110 cm³/mol. The van der Waals surface area contributed by atoms with E-state index in [9.17, 15) is 4.79 Å². The van der Waals surface area contributed by atoms with Crippen molar-refractivity contribution in [2.75, 3.05) is 13.1 Å². The Morgan fingerprint density at radius 3 is 2.83 bits per heavy atom. The van der Waals surface area contributed by atoms with Gasteiger partial charge in [0.05, 0.1) is 6.42 Å². The molecule has 1 aromatic carbocycles. The SMILES string of the molecule is Cc1ccccc1Oc1nccnc1[C@H]1CCCN(C(=O)Cc2cccnc2)C1. The second-order valence-electron chi connectivity index (χ2n) is 7.33. The zero-order valence-electron chi connectivity index (χ0n) is 16.5. The molecule has 0 radical (unpaired) electrons. The van der Waals surface area contributed by atoms with Crippen molar-refractivity contribution in [3.8, 4) is 11.6 Å². The predicted octanol–water partition coefficient (Wildman–Crippen LogP) is 3.92. The Balaban J connectivity index is 1.50. The molecule has 1 amide bonds. The quantitative estimate of drug-likeness (QED) is 0.663. The Bertz CT molecular complexity index is 977. The fourth-order valence-electron chi connectivity index (χ4n) is 3.69. The van der Waals surface area contributed by atoms with Gasteiger partial charge in [-0.15, -0.1) is 0 Å². The number of benzene rings is 1. The van der Waals surface area contributed by atoms with Gasteiger partial charge in [0.1, 0.15) is 11.4 Å². The molecule has 1 atom stereocenters. The molecule has 29 heavy (non-hydrogen) atoms. The van der Waals surface area contributed by atoms with E-state index in [1.807, 2.05) is 48.2 Å². The van der Waals surface area contributed by atoms with Gasteiger partial charge in [0.2, 0.25) is 11.8 Å². The van der Waals surface area contributed by atoms with E-state index in [2.05, 4.69) is 15.0 Å². The van der Waals surface area contributed by atoms with Gasteiger partial charge in [-0.05, 0) is 43.0 Å². The number of ether oxygens (including phenoxy) is 1. The summed E-state index contributed by atoms with van der Waals surface area (Å²) in [7, 11) is 0. The van der Waals surface area contributed by atoms with Gasteiger partial charge >= 0.3 is 0 Å². The number of aromatic nitrogens is 3. The molecule has 0 saturated carbocycles. The van der Waals surface area contributed by atoms with Crippen LogP contribution < -0.4 is 4.74 Å². The van der Waals surface area contributed by atoms with Crippen molar-refractivity contribution in [3.05, 3.63) is 78.0 Å². The molecule has 148 valence electrons. The van der Waals surface area contributed by atoms with Crippen molar-refractivity contribution in [1.82, 2.24) is 19.9 Å². The number of hydrogen-bond acceptors (Lipinski definition) is 5. The standard InChI is InChI=1S/C23H24N4O2/c1-17-6-2-3-9-20(17)29-23-22(25-11-12-26-23)19-8-5-13-27(16-19)21(28)14-18-7-4-10-24-15-18/h2-4,6-7,9-12,15,19H,5,8,13-14,16H2,1H3/t19-/m0/s1. The second kappa shape index (κ2) is 8.82. The molecule has 1 aliphatic heterocycles. The van der Waals surface area contributed by atoms with E-state index < -0.39 is 0 Å². The van der Waals surface area contributed by atoms with Gasteiger partial charge in [0, 0.05) is 43.8 Å². The van der Waals surface area contributed by atoms with Crippen LogP contribution in [0.15, 0.2) is 61.2 Å². The fraction of sp³-hybridized carbons (Fsp3) is 0.304. The van der Waals surface area contributed by atoms with E-state index in [1.54, 1.807) is 24.8 Å². The number of likely N-dealkylation sites (tertiary alicyclic amines) is 1. The highest BCUT2D eigenvalue weighted by atomic mass is 16.5. The summed E-state index contributed by atoms with van der Waals surface area (Å²) < 4.78 is 6.10. The van der Waals surface area contributed by atoms with E-state index in [4.69, 9.17) is 4.74 Å². The third kappa shape index (κ3) is 4.59. The monoisotopic (exact) mass is 388 g/mol. The van der Waals surface area contributed by atoms with Crippen molar-refractivity contribution in [2.24, 2.45) is 0 Å². The smallest absolute Gasteiger partial charge is 0.241 e. The van der Waals surface area contributed by atoms with Gasteiger partial charge in [-0.25, -0.2) is 4.98 Å². The van der Waals surface area contributed by atoms with E-state index in [0.29, 0.717) is 18.8 Å². The van der Waals surface area contributed by atoms with Crippen molar-refractivity contribution in [1.29, 1.82) is 0 Å². The maximum atomic E-state index is 12.8. The van der Waals surface area contributed by atoms with Crippen molar-refractivity contribution in [3.63, 3.8) is 0 Å². The lowest BCUT2D eigenvalue weighted by molar-refractivity contribution is -0.131. The molecule has 3 aromatic rings. The van der Waals surface area contributed by atoms with Gasteiger partial charge in [-0.1, -0.05) is 24.3 Å². The summed E-state index contributed by atoms with van der Waals surface area (Å²) in [5, 5.41) is 0. The first-order valence-electron chi connectivity index (χ1n) is 9.92. The maximum absolute atomic E-state index is 12.8. The minimum Gasteiger partial charge on any atom is -0.437 e. The number of piperidine rings is 1. The van der Waals surface area contributed by atoms with Crippen molar-refractivity contribution >= 4 is 5.91 Å². The Kier molecular flexibility index (Phi) is 5.79. The van der Waals surface area contributed by atoms with Crippen LogP contribution in [0.1, 0.15) is 35.6 Å². The molecule has 0 spiro atoms. The first kappa shape index (κ1) is 19.1. The summed E-state index contributed by atoms with van der Waals surface area (Å²) in [5.74, 6) is 1.52. The van der Waals surface area contributed by atoms with Gasteiger partial charge in [0.25, 0.3) is 0 Å². The molecule has 4 rings (SSSR count). The fourth-order valence-corrected chi connectivity index (χ4v) is 3.69. The number of para-hydroxylation sites is 1. The first-order chi connectivity index (χ1) is 14.2. The molecule has 6 nitrogen and oxygen atoms in total. The number of rotatable bonds is 5.